The Hall–Kier alpha value is -3.38. The molecule has 0 N–H and O–H groups in total. The highest BCUT2D eigenvalue weighted by atomic mass is 16.3. The van der Waals surface area contributed by atoms with Crippen LogP contribution in [-0.4, -0.2) is 57.0 Å². The zero-order valence-corrected chi connectivity index (χ0v) is 27.2. The molecule has 6 nitrogen and oxygen atoms in total. The Morgan fingerprint density at radius 3 is 2.27 bits per heavy atom. The summed E-state index contributed by atoms with van der Waals surface area (Å²) >= 11 is 0. The van der Waals surface area contributed by atoms with Crippen molar-refractivity contribution in [1.82, 2.24) is 19.4 Å². The predicted octanol–water partition coefficient (Wildman–Crippen LogP) is 8.11. The second-order valence-corrected chi connectivity index (χ2v) is 14.1. The molecule has 3 atom stereocenters. The number of benzene rings is 2. The van der Waals surface area contributed by atoms with E-state index in [2.05, 4.69) is 89.7 Å². The number of amides is 1. The summed E-state index contributed by atoms with van der Waals surface area (Å²) in [6, 6.07) is 21.6. The smallest absolute Gasteiger partial charge is 0.257 e. The number of aromatic nitrogens is 2. The van der Waals surface area contributed by atoms with Gasteiger partial charge < -0.3 is 13.9 Å². The fourth-order valence-electron chi connectivity index (χ4n) is 8.89. The molecule has 0 saturated carbocycles. The van der Waals surface area contributed by atoms with Crippen molar-refractivity contribution >= 4 is 16.9 Å². The van der Waals surface area contributed by atoms with Crippen LogP contribution in [0.4, 0.5) is 0 Å². The highest BCUT2D eigenvalue weighted by molar-refractivity contribution is 5.97. The first-order chi connectivity index (χ1) is 21.3. The van der Waals surface area contributed by atoms with Gasteiger partial charge in [0.25, 0.3) is 5.91 Å². The average Bonchev–Trinajstić information content (AvgIpc) is 3.62. The lowest BCUT2D eigenvalue weighted by Gasteiger charge is -2.45. The summed E-state index contributed by atoms with van der Waals surface area (Å²) in [6.07, 6.45) is 8.16. The summed E-state index contributed by atoms with van der Waals surface area (Å²) in [5, 5.41) is 0. The zero-order valence-electron chi connectivity index (χ0n) is 27.2. The van der Waals surface area contributed by atoms with Crippen molar-refractivity contribution in [3.8, 4) is 0 Å². The molecule has 3 aliphatic rings. The monoisotopic (exact) mass is 592 g/mol. The molecule has 0 unspecified atom stereocenters. The summed E-state index contributed by atoms with van der Waals surface area (Å²) < 4.78 is 8.59. The van der Waals surface area contributed by atoms with E-state index in [1.807, 2.05) is 13.8 Å². The Balaban J connectivity index is 1.07. The van der Waals surface area contributed by atoms with Gasteiger partial charge in [-0.1, -0.05) is 56.3 Å². The van der Waals surface area contributed by atoms with Crippen LogP contribution in [0, 0.1) is 20.8 Å². The van der Waals surface area contributed by atoms with Gasteiger partial charge in [0.1, 0.15) is 17.3 Å². The molecule has 44 heavy (non-hydrogen) atoms. The van der Waals surface area contributed by atoms with Crippen LogP contribution in [0.3, 0.4) is 0 Å². The topological polar surface area (TPSA) is 54.5 Å². The minimum atomic E-state index is 0.0910. The maximum Gasteiger partial charge on any atom is 0.257 e. The van der Waals surface area contributed by atoms with Gasteiger partial charge in [-0.15, -0.1) is 0 Å². The maximum absolute atomic E-state index is 13.9. The zero-order chi connectivity index (χ0) is 30.6. The molecule has 6 heteroatoms. The van der Waals surface area contributed by atoms with Gasteiger partial charge in [0.05, 0.1) is 16.6 Å². The molecular formula is C38H48N4O2. The highest BCUT2D eigenvalue weighted by Crippen LogP contribution is 2.45. The fraction of sp³-hybridized carbons (Fsp3) is 0.526. The minimum Gasteiger partial charge on any atom is -0.465 e. The fourth-order valence-corrected chi connectivity index (χ4v) is 8.89. The SMILES string of the molecule is Cc1oc(C(C)C)c(C(=O)N2CCC(CCN3[C@@H]4CC[C@H]3C[C@@H](n3c(C)nc5ccccc53)C4)(c3ccccc3)CC2)c1C. The number of piperidine rings is 2. The van der Waals surface area contributed by atoms with Crippen molar-refractivity contribution in [3.05, 3.63) is 88.6 Å². The predicted molar refractivity (Wildman–Crippen MR) is 176 cm³/mol. The molecule has 3 saturated heterocycles. The Morgan fingerprint density at radius 1 is 0.932 bits per heavy atom. The first-order valence-electron chi connectivity index (χ1n) is 16.9. The van der Waals surface area contributed by atoms with E-state index in [1.165, 1.54) is 36.8 Å². The van der Waals surface area contributed by atoms with Gasteiger partial charge in [-0.05, 0) is 95.4 Å². The number of nitrogens with zero attached hydrogens (tertiary/aromatic N) is 4. The largest absolute Gasteiger partial charge is 0.465 e. The Bertz CT molecular complexity index is 1630. The van der Waals surface area contributed by atoms with Gasteiger partial charge in [0.2, 0.25) is 0 Å². The van der Waals surface area contributed by atoms with E-state index >= 15 is 0 Å². The van der Waals surface area contributed by atoms with Crippen molar-refractivity contribution in [3.63, 3.8) is 0 Å². The molecule has 7 rings (SSSR count). The molecule has 2 bridgehead atoms. The number of carbonyl (C=O) groups is 1. The van der Waals surface area contributed by atoms with E-state index in [4.69, 9.17) is 9.40 Å². The normalized spacial score (nSPS) is 23.6. The van der Waals surface area contributed by atoms with Crippen molar-refractivity contribution in [2.24, 2.45) is 0 Å². The second kappa shape index (κ2) is 11.5. The highest BCUT2D eigenvalue weighted by Gasteiger charge is 2.44. The minimum absolute atomic E-state index is 0.0910. The molecule has 5 heterocycles. The van der Waals surface area contributed by atoms with Crippen LogP contribution in [0.5, 0.6) is 0 Å². The Labute approximate surface area is 262 Å². The lowest BCUT2D eigenvalue weighted by Crippen LogP contribution is -2.49. The number of aryl methyl sites for hydroxylation is 2. The molecule has 2 aromatic heterocycles. The molecule has 4 aromatic rings. The van der Waals surface area contributed by atoms with E-state index in [9.17, 15) is 4.79 Å². The van der Waals surface area contributed by atoms with Crippen LogP contribution in [0.1, 0.15) is 110 Å². The average molecular weight is 593 g/mol. The van der Waals surface area contributed by atoms with E-state index in [1.54, 1.807) is 0 Å². The molecule has 232 valence electrons. The van der Waals surface area contributed by atoms with Crippen molar-refractivity contribution in [2.75, 3.05) is 19.6 Å². The number of para-hydroxylation sites is 2. The van der Waals surface area contributed by atoms with E-state index in [0.29, 0.717) is 18.1 Å². The molecule has 0 aliphatic carbocycles. The summed E-state index contributed by atoms with van der Waals surface area (Å²) in [6.45, 7) is 13.1. The number of carbonyl (C=O) groups excluding carboxylic acids is 1. The number of hydrogen-bond donors (Lipinski definition) is 0. The summed E-state index contributed by atoms with van der Waals surface area (Å²) in [5.74, 6) is 3.18. The molecule has 2 aromatic carbocycles. The Kier molecular flexibility index (Phi) is 7.68. The molecule has 3 aliphatic heterocycles. The van der Waals surface area contributed by atoms with Gasteiger partial charge in [0.15, 0.2) is 0 Å². The lowest BCUT2D eigenvalue weighted by atomic mass is 9.70. The lowest BCUT2D eigenvalue weighted by molar-refractivity contribution is 0.0604. The third kappa shape index (κ3) is 4.99. The number of likely N-dealkylation sites (tertiary alicyclic amines) is 1. The van der Waals surface area contributed by atoms with Gasteiger partial charge in [-0.2, -0.15) is 0 Å². The summed E-state index contributed by atoms with van der Waals surface area (Å²) in [4.78, 5) is 23.7. The third-order valence-electron chi connectivity index (χ3n) is 11.4. The van der Waals surface area contributed by atoms with Crippen LogP contribution in [-0.2, 0) is 5.41 Å². The molecule has 1 amide bonds. The Morgan fingerprint density at radius 2 is 1.59 bits per heavy atom. The van der Waals surface area contributed by atoms with Crippen LogP contribution >= 0.6 is 0 Å². The molecule has 0 radical (unpaired) electrons. The van der Waals surface area contributed by atoms with Crippen molar-refractivity contribution in [1.29, 1.82) is 0 Å². The van der Waals surface area contributed by atoms with Crippen LogP contribution in [0.25, 0.3) is 11.0 Å². The number of furan rings is 1. The molecule has 3 fully saturated rings. The van der Waals surface area contributed by atoms with Crippen LogP contribution < -0.4 is 0 Å². The van der Waals surface area contributed by atoms with E-state index < -0.39 is 0 Å². The number of fused-ring (bicyclic) bond motifs is 3. The van der Waals surface area contributed by atoms with E-state index in [0.717, 1.165) is 72.9 Å². The van der Waals surface area contributed by atoms with Gasteiger partial charge in [-0.3, -0.25) is 9.69 Å². The quantitative estimate of drug-likeness (QED) is 0.218. The van der Waals surface area contributed by atoms with Crippen LogP contribution in [0.2, 0.25) is 0 Å². The van der Waals surface area contributed by atoms with Gasteiger partial charge in [-0.25, -0.2) is 4.98 Å². The van der Waals surface area contributed by atoms with Crippen molar-refractivity contribution < 1.29 is 9.21 Å². The maximum atomic E-state index is 13.9. The molecule has 0 spiro atoms. The first kappa shape index (κ1) is 29.3. The number of imidazole rings is 1. The van der Waals surface area contributed by atoms with Crippen molar-refractivity contribution in [2.45, 2.75) is 109 Å². The summed E-state index contributed by atoms with van der Waals surface area (Å²) in [5.41, 5.74) is 5.73. The standard InChI is InChI=1S/C38H48N4O2/c1-25(2)36-35(26(3)27(4)44-36)37(43)40-20-17-38(18-21-40,29-11-7-6-8-12-29)19-22-41-30-15-16-31(41)24-32(23-30)42-28(5)39-33-13-9-10-14-34(33)42/h6-14,25,30-32H,15-24H2,1-5H3/t30-,31+,32+. The van der Waals surface area contributed by atoms with Crippen LogP contribution in [0.15, 0.2) is 59.0 Å². The number of hydrogen-bond acceptors (Lipinski definition) is 4. The second-order valence-electron chi connectivity index (χ2n) is 14.1. The van der Waals surface area contributed by atoms with Gasteiger partial charge in [0, 0.05) is 42.7 Å². The van der Waals surface area contributed by atoms with E-state index in [-0.39, 0.29) is 17.2 Å². The third-order valence-corrected chi connectivity index (χ3v) is 11.4. The first-order valence-corrected chi connectivity index (χ1v) is 16.9. The summed E-state index contributed by atoms with van der Waals surface area (Å²) in [7, 11) is 0. The van der Waals surface area contributed by atoms with Gasteiger partial charge >= 0.3 is 0 Å². The number of rotatable bonds is 7. The molecular weight excluding hydrogens is 544 g/mol.